The predicted octanol–water partition coefficient (Wildman–Crippen LogP) is 3.96. The number of hydrogen-bond acceptors (Lipinski definition) is 2. The molecule has 0 amide bonds. The Kier molecular flexibility index (Phi) is 4.13. The summed E-state index contributed by atoms with van der Waals surface area (Å²) in [6.07, 6.45) is 1.16. The van der Waals surface area contributed by atoms with Crippen LogP contribution in [-0.2, 0) is 6.42 Å². The van der Waals surface area contributed by atoms with E-state index in [-0.39, 0.29) is 5.82 Å². The van der Waals surface area contributed by atoms with Crippen LogP contribution in [-0.4, -0.2) is 18.9 Å². The van der Waals surface area contributed by atoms with Crippen LogP contribution >= 0.6 is 0 Å². The van der Waals surface area contributed by atoms with Gasteiger partial charge in [0.05, 0.1) is 6.54 Å². The molecule has 2 aromatic rings. The Morgan fingerprint density at radius 2 is 1.82 bits per heavy atom. The second kappa shape index (κ2) is 6.22. The SMILES string of the molecule is Fc1cccc(N2CCN=C2CCc2ccc(F)c(F)c2)c1. The van der Waals surface area contributed by atoms with Crippen LogP contribution in [0.2, 0.25) is 0 Å². The van der Waals surface area contributed by atoms with Gasteiger partial charge in [-0.1, -0.05) is 12.1 Å². The zero-order valence-corrected chi connectivity index (χ0v) is 11.9. The summed E-state index contributed by atoms with van der Waals surface area (Å²) in [7, 11) is 0. The van der Waals surface area contributed by atoms with Crippen LogP contribution in [0.1, 0.15) is 12.0 Å². The van der Waals surface area contributed by atoms with Crippen molar-refractivity contribution in [2.45, 2.75) is 12.8 Å². The third-order valence-corrected chi connectivity index (χ3v) is 3.67. The molecule has 1 aliphatic rings. The summed E-state index contributed by atoms with van der Waals surface area (Å²) >= 11 is 0. The fourth-order valence-electron chi connectivity index (χ4n) is 2.58. The molecule has 0 N–H and O–H groups in total. The second-order valence-corrected chi connectivity index (χ2v) is 5.18. The highest BCUT2D eigenvalue weighted by Gasteiger charge is 2.18. The van der Waals surface area contributed by atoms with Crippen molar-refractivity contribution in [2.24, 2.45) is 4.99 Å². The van der Waals surface area contributed by atoms with Gasteiger partial charge in [0.2, 0.25) is 0 Å². The van der Waals surface area contributed by atoms with Gasteiger partial charge in [-0.15, -0.1) is 0 Å². The zero-order chi connectivity index (χ0) is 15.5. The molecule has 0 aliphatic carbocycles. The van der Waals surface area contributed by atoms with Crippen LogP contribution in [0.25, 0.3) is 0 Å². The molecule has 2 aromatic carbocycles. The van der Waals surface area contributed by atoms with Crippen LogP contribution < -0.4 is 4.90 Å². The minimum absolute atomic E-state index is 0.288. The maximum Gasteiger partial charge on any atom is 0.159 e. The number of aliphatic imine (C=N–C) groups is 1. The maximum absolute atomic E-state index is 13.3. The molecule has 0 saturated carbocycles. The molecule has 0 unspecified atom stereocenters. The smallest absolute Gasteiger partial charge is 0.159 e. The number of halogens is 3. The van der Waals surface area contributed by atoms with E-state index < -0.39 is 11.6 Å². The van der Waals surface area contributed by atoms with Crippen LogP contribution in [0, 0.1) is 17.5 Å². The van der Waals surface area contributed by atoms with Gasteiger partial charge in [-0.05, 0) is 42.3 Å². The Bertz CT molecular complexity index is 713. The first kappa shape index (κ1) is 14.6. The highest BCUT2D eigenvalue weighted by Crippen LogP contribution is 2.21. The number of anilines is 1. The van der Waals surface area contributed by atoms with E-state index in [1.807, 2.05) is 11.0 Å². The quantitative estimate of drug-likeness (QED) is 0.835. The molecule has 5 heteroatoms. The normalized spacial score (nSPS) is 14.3. The maximum atomic E-state index is 13.3. The third-order valence-electron chi connectivity index (χ3n) is 3.67. The molecular formula is C17H15F3N2. The van der Waals surface area contributed by atoms with Crippen molar-refractivity contribution in [3.63, 3.8) is 0 Å². The van der Waals surface area contributed by atoms with Gasteiger partial charge in [0.1, 0.15) is 11.7 Å². The summed E-state index contributed by atoms with van der Waals surface area (Å²) < 4.78 is 39.5. The first-order chi connectivity index (χ1) is 10.6. The average molecular weight is 304 g/mol. The summed E-state index contributed by atoms with van der Waals surface area (Å²) in [5, 5.41) is 0. The van der Waals surface area contributed by atoms with E-state index in [0.717, 1.165) is 17.6 Å². The highest BCUT2D eigenvalue weighted by atomic mass is 19.2. The minimum atomic E-state index is -0.844. The molecule has 1 heterocycles. The highest BCUT2D eigenvalue weighted by molar-refractivity contribution is 5.99. The van der Waals surface area contributed by atoms with Crippen LogP contribution in [0.3, 0.4) is 0 Å². The average Bonchev–Trinajstić information content (AvgIpc) is 2.97. The van der Waals surface area contributed by atoms with Crippen molar-refractivity contribution in [3.8, 4) is 0 Å². The molecule has 2 nitrogen and oxygen atoms in total. The molecule has 0 bridgehead atoms. The van der Waals surface area contributed by atoms with Gasteiger partial charge in [0.25, 0.3) is 0 Å². The van der Waals surface area contributed by atoms with Gasteiger partial charge in [-0.3, -0.25) is 4.99 Å². The Morgan fingerprint density at radius 1 is 0.955 bits per heavy atom. The van der Waals surface area contributed by atoms with Crippen LogP contribution in [0.4, 0.5) is 18.9 Å². The fraction of sp³-hybridized carbons (Fsp3) is 0.235. The van der Waals surface area contributed by atoms with Crippen molar-refractivity contribution in [1.29, 1.82) is 0 Å². The van der Waals surface area contributed by atoms with Crippen molar-refractivity contribution in [2.75, 3.05) is 18.0 Å². The largest absolute Gasteiger partial charge is 0.328 e. The lowest BCUT2D eigenvalue weighted by molar-refractivity contribution is 0.507. The topological polar surface area (TPSA) is 15.6 Å². The number of aryl methyl sites for hydroxylation is 1. The lowest BCUT2D eigenvalue weighted by Crippen LogP contribution is -2.27. The van der Waals surface area contributed by atoms with Gasteiger partial charge in [0.15, 0.2) is 11.6 Å². The molecule has 114 valence electrons. The van der Waals surface area contributed by atoms with Gasteiger partial charge >= 0.3 is 0 Å². The molecule has 0 spiro atoms. The predicted molar refractivity (Wildman–Crippen MR) is 80.7 cm³/mol. The summed E-state index contributed by atoms with van der Waals surface area (Å²) in [6.45, 7) is 1.36. The second-order valence-electron chi connectivity index (χ2n) is 5.18. The molecule has 0 atom stereocenters. The summed E-state index contributed by atoms with van der Waals surface area (Å²) in [5.41, 5.74) is 1.48. The fourth-order valence-corrected chi connectivity index (χ4v) is 2.58. The van der Waals surface area contributed by atoms with Gasteiger partial charge in [0, 0.05) is 18.7 Å². The van der Waals surface area contributed by atoms with Crippen LogP contribution in [0.15, 0.2) is 47.5 Å². The van der Waals surface area contributed by atoms with Crippen molar-refractivity contribution in [1.82, 2.24) is 0 Å². The lowest BCUT2D eigenvalue weighted by Gasteiger charge is -2.20. The summed E-state index contributed by atoms with van der Waals surface area (Å²) in [5.74, 6) is -1.13. The third kappa shape index (κ3) is 3.13. The first-order valence-electron chi connectivity index (χ1n) is 7.14. The van der Waals surface area contributed by atoms with E-state index in [0.29, 0.717) is 31.5 Å². The van der Waals surface area contributed by atoms with Crippen molar-refractivity contribution >= 4 is 11.5 Å². The van der Waals surface area contributed by atoms with Crippen LogP contribution in [0.5, 0.6) is 0 Å². The molecule has 0 radical (unpaired) electrons. The number of rotatable bonds is 4. The van der Waals surface area contributed by atoms with E-state index in [1.54, 1.807) is 12.1 Å². The van der Waals surface area contributed by atoms with Crippen molar-refractivity contribution < 1.29 is 13.2 Å². The molecule has 0 fully saturated rings. The lowest BCUT2D eigenvalue weighted by atomic mass is 10.1. The number of benzene rings is 2. The van der Waals surface area contributed by atoms with E-state index in [4.69, 9.17) is 0 Å². The molecular weight excluding hydrogens is 289 g/mol. The van der Waals surface area contributed by atoms with Gasteiger partial charge in [-0.25, -0.2) is 13.2 Å². The first-order valence-corrected chi connectivity index (χ1v) is 7.14. The molecule has 0 aromatic heterocycles. The Labute approximate surface area is 126 Å². The summed E-state index contributed by atoms with van der Waals surface area (Å²) in [4.78, 5) is 6.39. The van der Waals surface area contributed by atoms with Gasteiger partial charge in [-0.2, -0.15) is 0 Å². The monoisotopic (exact) mass is 304 g/mol. The Hall–Kier alpha value is -2.30. The molecule has 3 rings (SSSR count). The minimum Gasteiger partial charge on any atom is -0.328 e. The Balaban J connectivity index is 1.70. The van der Waals surface area contributed by atoms with E-state index in [9.17, 15) is 13.2 Å². The molecule has 1 aliphatic heterocycles. The van der Waals surface area contributed by atoms with E-state index >= 15 is 0 Å². The summed E-state index contributed by atoms with van der Waals surface area (Å²) in [6, 6.07) is 10.3. The number of amidine groups is 1. The standard InChI is InChI=1S/C17H15F3N2/c18-13-2-1-3-14(11-13)22-9-8-21-17(22)7-5-12-4-6-15(19)16(20)10-12/h1-4,6,10-11H,5,7-9H2. The zero-order valence-electron chi connectivity index (χ0n) is 11.9. The Morgan fingerprint density at radius 3 is 2.59 bits per heavy atom. The van der Waals surface area contributed by atoms with Crippen molar-refractivity contribution in [3.05, 3.63) is 65.5 Å². The van der Waals surface area contributed by atoms with E-state index in [2.05, 4.69) is 4.99 Å². The van der Waals surface area contributed by atoms with E-state index in [1.165, 1.54) is 18.2 Å². The molecule has 0 saturated heterocycles. The number of hydrogen-bond donors (Lipinski definition) is 0. The van der Waals surface area contributed by atoms with Gasteiger partial charge < -0.3 is 4.90 Å². The number of nitrogens with zero attached hydrogens (tertiary/aromatic N) is 2. The molecule has 22 heavy (non-hydrogen) atoms.